The van der Waals surface area contributed by atoms with E-state index in [0.29, 0.717) is 33.9 Å². The molecule has 0 saturated heterocycles. The maximum absolute atomic E-state index is 12.5. The van der Waals surface area contributed by atoms with Gasteiger partial charge in [0.15, 0.2) is 0 Å². The number of tetrazole rings is 1. The van der Waals surface area contributed by atoms with Crippen LogP contribution in [0.5, 0.6) is 5.75 Å². The van der Waals surface area contributed by atoms with Crippen LogP contribution < -0.4 is 10.1 Å². The minimum atomic E-state index is -0.423. The zero-order chi connectivity index (χ0) is 19.2. The molecule has 0 radical (unpaired) electrons. The zero-order valence-electron chi connectivity index (χ0n) is 14.8. The van der Waals surface area contributed by atoms with Crippen LogP contribution in [0.3, 0.4) is 0 Å². The third kappa shape index (κ3) is 4.78. The highest BCUT2D eigenvalue weighted by Gasteiger charge is 2.20. The number of aromatic nitrogens is 4. The summed E-state index contributed by atoms with van der Waals surface area (Å²) in [6.07, 6.45) is 0. The molecule has 0 aliphatic heterocycles. The fourth-order valence-electron chi connectivity index (χ4n) is 2.34. The van der Waals surface area contributed by atoms with Crippen LogP contribution in [-0.2, 0) is 4.79 Å². The number of carbonyl (C=O) groups is 1. The fourth-order valence-corrected chi connectivity index (χ4v) is 3.33. The summed E-state index contributed by atoms with van der Waals surface area (Å²) < 4.78 is 7.21. The van der Waals surface area contributed by atoms with Crippen LogP contribution in [0.4, 0.5) is 5.69 Å². The third-order valence-electron chi connectivity index (χ3n) is 3.58. The van der Waals surface area contributed by atoms with E-state index < -0.39 is 5.25 Å². The number of para-hydroxylation sites is 2. The average molecular weight is 404 g/mol. The normalized spacial score (nSPS) is 11.8. The Kier molecular flexibility index (Phi) is 6.31. The fraction of sp³-hybridized carbons (Fsp3) is 0.222. The average Bonchev–Trinajstić information content (AvgIpc) is 3.10. The summed E-state index contributed by atoms with van der Waals surface area (Å²) in [7, 11) is 0. The summed E-state index contributed by atoms with van der Waals surface area (Å²) in [6, 6.07) is 14.5. The second kappa shape index (κ2) is 8.88. The quantitative estimate of drug-likeness (QED) is 0.603. The maximum atomic E-state index is 12.5. The van der Waals surface area contributed by atoms with E-state index >= 15 is 0 Å². The van der Waals surface area contributed by atoms with Gasteiger partial charge in [0, 0.05) is 10.7 Å². The first-order chi connectivity index (χ1) is 13.1. The highest BCUT2D eigenvalue weighted by molar-refractivity contribution is 8.00. The lowest BCUT2D eigenvalue weighted by Crippen LogP contribution is -2.23. The van der Waals surface area contributed by atoms with E-state index in [4.69, 9.17) is 16.3 Å². The van der Waals surface area contributed by atoms with Crippen LogP contribution in [0.15, 0.2) is 53.7 Å². The van der Waals surface area contributed by atoms with Gasteiger partial charge >= 0.3 is 0 Å². The van der Waals surface area contributed by atoms with Gasteiger partial charge in [-0.15, -0.1) is 5.10 Å². The van der Waals surface area contributed by atoms with Crippen molar-refractivity contribution in [1.82, 2.24) is 20.2 Å². The molecule has 0 aliphatic rings. The molecule has 1 atom stereocenters. The molecule has 140 valence electrons. The van der Waals surface area contributed by atoms with Crippen molar-refractivity contribution in [2.75, 3.05) is 11.9 Å². The molecular weight excluding hydrogens is 386 g/mol. The highest BCUT2D eigenvalue weighted by atomic mass is 35.5. The highest BCUT2D eigenvalue weighted by Crippen LogP contribution is 2.28. The number of hydrogen-bond donors (Lipinski definition) is 1. The van der Waals surface area contributed by atoms with Crippen molar-refractivity contribution >= 4 is 35.0 Å². The smallest absolute Gasteiger partial charge is 0.237 e. The first kappa shape index (κ1) is 19.2. The number of nitrogens with one attached hydrogen (secondary N) is 1. The number of carbonyl (C=O) groups excluding carboxylic acids is 1. The molecule has 2 aromatic carbocycles. The number of anilines is 1. The predicted octanol–water partition coefficient (Wildman–Crippen LogP) is 3.83. The Morgan fingerprint density at radius 1 is 1.30 bits per heavy atom. The number of rotatable bonds is 7. The summed E-state index contributed by atoms with van der Waals surface area (Å²) in [6.45, 7) is 4.23. The Morgan fingerprint density at radius 3 is 2.89 bits per heavy atom. The van der Waals surface area contributed by atoms with Crippen molar-refractivity contribution in [1.29, 1.82) is 0 Å². The summed E-state index contributed by atoms with van der Waals surface area (Å²) in [5, 5.41) is 15.3. The first-order valence-corrected chi connectivity index (χ1v) is 9.58. The second-order valence-corrected chi connectivity index (χ2v) is 7.28. The van der Waals surface area contributed by atoms with Crippen molar-refractivity contribution in [3.05, 3.63) is 53.6 Å². The molecular formula is C18H18ClN5O2S. The van der Waals surface area contributed by atoms with Crippen LogP contribution in [0.1, 0.15) is 13.8 Å². The van der Waals surface area contributed by atoms with Gasteiger partial charge in [-0.05, 0) is 54.6 Å². The van der Waals surface area contributed by atoms with Gasteiger partial charge in [-0.2, -0.15) is 4.68 Å². The van der Waals surface area contributed by atoms with Gasteiger partial charge in [0.1, 0.15) is 11.4 Å². The van der Waals surface area contributed by atoms with Crippen LogP contribution in [-0.4, -0.2) is 38.0 Å². The summed E-state index contributed by atoms with van der Waals surface area (Å²) in [5.41, 5.74) is 1.36. The molecule has 9 heteroatoms. The van der Waals surface area contributed by atoms with Crippen LogP contribution in [0.2, 0.25) is 5.02 Å². The van der Waals surface area contributed by atoms with E-state index in [9.17, 15) is 4.79 Å². The Bertz CT molecular complexity index is 933. The summed E-state index contributed by atoms with van der Waals surface area (Å²) >= 11 is 7.21. The molecule has 3 rings (SSSR count). The van der Waals surface area contributed by atoms with Crippen molar-refractivity contribution in [3.8, 4) is 11.4 Å². The van der Waals surface area contributed by atoms with Gasteiger partial charge < -0.3 is 10.1 Å². The number of hydrogen-bond acceptors (Lipinski definition) is 6. The minimum Gasteiger partial charge on any atom is -0.492 e. The maximum Gasteiger partial charge on any atom is 0.237 e. The van der Waals surface area contributed by atoms with Gasteiger partial charge in [-0.3, -0.25) is 4.79 Å². The predicted molar refractivity (Wildman–Crippen MR) is 106 cm³/mol. The van der Waals surface area contributed by atoms with Crippen molar-refractivity contribution in [2.45, 2.75) is 24.3 Å². The Hall–Kier alpha value is -2.58. The number of benzene rings is 2. The first-order valence-electron chi connectivity index (χ1n) is 8.32. The van der Waals surface area contributed by atoms with E-state index in [0.717, 1.165) is 0 Å². The lowest BCUT2D eigenvalue weighted by Gasteiger charge is -2.13. The van der Waals surface area contributed by atoms with E-state index in [-0.39, 0.29) is 5.91 Å². The summed E-state index contributed by atoms with van der Waals surface area (Å²) in [4.78, 5) is 12.5. The van der Waals surface area contributed by atoms with E-state index in [2.05, 4.69) is 20.8 Å². The van der Waals surface area contributed by atoms with Crippen molar-refractivity contribution in [2.24, 2.45) is 0 Å². The monoisotopic (exact) mass is 403 g/mol. The van der Waals surface area contributed by atoms with Crippen LogP contribution >= 0.6 is 23.4 Å². The number of ether oxygens (including phenoxy) is 1. The molecule has 0 aliphatic carbocycles. The molecule has 7 nitrogen and oxygen atoms in total. The van der Waals surface area contributed by atoms with Gasteiger partial charge in [0.2, 0.25) is 11.1 Å². The molecule has 0 bridgehead atoms. The molecule has 0 spiro atoms. The van der Waals surface area contributed by atoms with Crippen LogP contribution in [0.25, 0.3) is 5.69 Å². The molecule has 1 heterocycles. The molecule has 1 unspecified atom stereocenters. The molecule has 3 aromatic rings. The molecule has 0 saturated carbocycles. The van der Waals surface area contributed by atoms with Gasteiger partial charge in [-0.25, -0.2) is 0 Å². The third-order valence-corrected chi connectivity index (χ3v) is 4.85. The van der Waals surface area contributed by atoms with Crippen molar-refractivity contribution < 1.29 is 9.53 Å². The lowest BCUT2D eigenvalue weighted by atomic mass is 10.3. The number of halogens is 1. The van der Waals surface area contributed by atoms with Crippen LogP contribution in [0, 0.1) is 0 Å². The minimum absolute atomic E-state index is 0.171. The summed E-state index contributed by atoms with van der Waals surface area (Å²) in [5.74, 6) is 0.500. The zero-order valence-corrected chi connectivity index (χ0v) is 16.4. The Morgan fingerprint density at radius 2 is 2.11 bits per heavy atom. The van der Waals surface area contributed by atoms with E-state index in [1.807, 2.05) is 31.2 Å². The standard InChI is InChI=1S/C18H18ClN5O2S/c1-3-26-16-10-5-4-9-15(16)24-18(21-22-23-24)27-12(2)17(25)20-14-8-6-7-13(19)11-14/h4-12H,3H2,1-2H3,(H,20,25). The van der Waals surface area contributed by atoms with E-state index in [1.165, 1.54) is 11.8 Å². The van der Waals surface area contributed by atoms with E-state index in [1.54, 1.807) is 35.9 Å². The lowest BCUT2D eigenvalue weighted by molar-refractivity contribution is -0.115. The largest absolute Gasteiger partial charge is 0.492 e. The Labute approximate surface area is 166 Å². The molecule has 1 aromatic heterocycles. The SMILES string of the molecule is CCOc1ccccc1-n1nnnc1SC(C)C(=O)Nc1cccc(Cl)c1. The molecule has 27 heavy (non-hydrogen) atoms. The number of amides is 1. The molecule has 1 amide bonds. The van der Waals surface area contributed by atoms with Gasteiger partial charge in [0.25, 0.3) is 0 Å². The van der Waals surface area contributed by atoms with Crippen molar-refractivity contribution in [3.63, 3.8) is 0 Å². The number of nitrogens with zero attached hydrogens (tertiary/aromatic N) is 4. The number of thioether (sulfide) groups is 1. The van der Waals surface area contributed by atoms with Gasteiger partial charge in [0.05, 0.1) is 11.9 Å². The second-order valence-electron chi connectivity index (χ2n) is 5.53. The molecule has 1 N–H and O–H groups in total. The topological polar surface area (TPSA) is 81.9 Å². The van der Waals surface area contributed by atoms with Gasteiger partial charge in [-0.1, -0.05) is 41.6 Å². The molecule has 0 fully saturated rings. The Balaban J connectivity index is 1.75.